The smallest absolute Gasteiger partial charge is 0.232 e. The predicted octanol–water partition coefficient (Wildman–Crippen LogP) is 5.04. The lowest BCUT2D eigenvalue weighted by Crippen LogP contribution is -2.36. The molecule has 5 nitrogen and oxygen atoms in total. The highest BCUT2D eigenvalue weighted by Crippen LogP contribution is 2.41. The number of aromatic nitrogens is 2. The fourth-order valence-electron chi connectivity index (χ4n) is 3.27. The van der Waals surface area contributed by atoms with E-state index in [9.17, 15) is 0 Å². The Hall–Kier alpha value is -2.32. The second-order valence-electron chi connectivity index (χ2n) is 6.56. The van der Waals surface area contributed by atoms with Crippen LogP contribution in [0.15, 0.2) is 53.2 Å². The molecule has 1 aliphatic rings. The van der Waals surface area contributed by atoms with Gasteiger partial charge in [-0.2, -0.15) is 4.98 Å². The Morgan fingerprint density at radius 3 is 2.64 bits per heavy atom. The van der Waals surface area contributed by atoms with Crippen molar-refractivity contribution in [1.82, 2.24) is 14.9 Å². The van der Waals surface area contributed by atoms with E-state index in [1.807, 2.05) is 30.3 Å². The van der Waals surface area contributed by atoms with Crippen molar-refractivity contribution in [3.05, 3.63) is 59.0 Å². The average Bonchev–Trinajstić information content (AvgIpc) is 3.39. The fraction of sp³-hybridized carbons (Fsp3) is 0.238. The highest BCUT2D eigenvalue weighted by atomic mass is 32.1. The van der Waals surface area contributed by atoms with Crippen molar-refractivity contribution in [3.63, 3.8) is 0 Å². The van der Waals surface area contributed by atoms with Crippen LogP contribution in [0, 0.1) is 0 Å². The molecule has 0 spiro atoms. The lowest BCUT2D eigenvalue weighted by molar-refractivity contribution is 0.0330. The first kappa shape index (κ1) is 17.8. The minimum Gasteiger partial charge on any atom is -0.438 e. The third-order valence-corrected chi connectivity index (χ3v) is 6.44. The van der Waals surface area contributed by atoms with Crippen molar-refractivity contribution in [3.8, 4) is 22.1 Å². The summed E-state index contributed by atoms with van der Waals surface area (Å²) in [5.74, 6) is 2.20. The standard InChI is InChI=1S/C21H19N3O2S2/c1-2-5-15(6-3-1)26-20-19-16(17-7-4-12-27-17)14-28-21(19)23-18(22-20)13-24-8-10-25-11-9-24/h1-7,12,14H,8-11,13H2. The van der Waals surface area contributed by atoms with E-state index in [2.05, 4.69) is 27.8 Å². The molecule has 1 aromatic carbocycles. The van der Waals surface area contributed by atoms with Gasteiger partial charge in [-0.15, -0.1) is 22.7 Å². The normalized spacial score (nSPS) is 15.1. The van der Waals surface area contributed by atoms with E-state index in [-0.39, 0.29) is 0 Å². The van der Waals surface area contributed by atoms with E-state index in [0.717, 1.165) is 53.7 Å². The molecule has 0 radical (unpaired) electrons. The summed E-state index contributed by atoms with van der Waals surface area (Å²) >= 11 is 3.36. The average molecular weight is 410 g/mol. The minimum absolute atomic E-state index is 0.629. The highest BCUT2D eigenvalue weighted by molar-refractivity contribution is 7.18. The molecule has 1 fully saturated rings. The number of rotatable bonds is 5. The summed E-state index contributed by atoms with van der Waals surface area (Å²) in [7, 11) is 0. The molecular formula is C21H19N3O2S2. The first-order valence-corrected chi connectivity index (χ1v) is 11.0. The predicted molar refractivity (Wildman–Crippen MR) is 113 cm³/mol. The number of thiophene rings is 2. The number of nitrogens with zero attached hydrogens (tertiary/aromatic N) is 3. The van der Waals surface area contributed by atoms with Gasteiger partial charge in [-0.3, -0.25) is 4.90 Å². The number of ether oxygens (including phenoxy) is 2. The van der Waals surface area contributed by atoms with Crippen molar-refractivity contribution in [1.29, 1.82) is 0 Å². The van der Waals surface area contributed by atoms with Crippen molar-refractivity contribution < 1.29 is 9.47 Å². The molecule has 4 heterocycles. The van der Waals surface area contributed by atoms with Gasteiger partial charge in [0.25, 0.3) is 0 Å². The van der Waals surface area contributed by atoms with Crippen molar-refractivity contribution in [2.24, 2.45) is 0 Å². The lowest BCUT2D eigenvalue weighted by atomic mass is 10.2. The minimum atomic E-state index is 0.629. The highest BCUT2D eigenvalue weighted by Gasteiger charge is 2.19. The molecule has 1 saturated heterocycles. The Morgan fingerprint density at radius 2 is 1.86 bits per heavy atom. The molecule has 142 valence electrons. The largest absolute Gasteiger partial charge is 0.438 e. The monoisotopic (exact) mass is 409 g/mol. The first-order valence-electron chi connectivity index (χ1n) is 9.22. The SMILES string of the molecule is c1ccc(Oc2nc(CN3CCOCC3)nc3scc(-c4cccs4)c23)cc1. The van der Waals surface area contributed by atoms with Crippen LogP contribution in [0.1, 0.15) is 5.82 Å². The van der Waals surface area contributed by atoms with Crippen LogP contribution in [0.5, 0.6) is 11.6 Å². The zero-order valence-corrected chi connectivity index (χ0v) is 16.8. The second-order valence-corrected chi connectivity index (χ2v) is 8.36. The number of hydrogen-bond acceptors (Lipinski definition) is 7. The summed E-state index contributed by atoms with van der Waals surface area (Å²) in [4.78, 5) is 14.2. The molecule has 0 bridgehead atoms. The number of benzene rings is 1. The molecule has 0 unspecified atom stereocenters. The Balaban J connectivity index is 1.57. The van der Waals surface area contributed by atoms with Gasteiger partial charge in [0.2, 0.25) is 5.88 Å². The van der Waals surface area contributed by atoms with Gasteiger partial charge in [0.05, 0.1) is 25.1 Å². The molecule has 28 heavy (non-hydrogen) atoms. The Labute approximate surface area is 171 Å². The zero-order chi connectivity index (χ0) is 18.8. The molecule has 0 atom stereocenters. The van der Waals surface area contributed by atoms with Crippen LogP contribution in [0.25, 0.3) is 20.7 Å². The maximum Gasteiger partial charge on any atom is 0.232 e. The number of fused-ring (bicyclic) bond motifs is 1. The van der Waals surface area contributed by atoms with Crippen LogP contribution in [0.3, 0.4) is 0 Å². The van der Waals surface area contributed by atoms with Gasteiger partial charge in [0, 0.05) is 28.9 Å². The maximum atomic E-state index is 6.24. The molecule has 7 heteroatoms. The van der Waals surface area contributed by atoms with Crippen LogP contribution >= 0.6 is 22.7 Å². The Bertz CT molecular complexity index is 1060. The quantitative estimate of drug-likeness (QED) is 0.462. The van der Waals surface area contributed by atoms with Gasteiger partial charge in [-0.25, -0.2) is 4.98 Å². The first-order chi connectivity index (χ1) is 13.9. The summed E-state index contributed by atoms with van der Waals surface area (Å²) in [6.45, 7) is 4.04. The summed E-state index contributed by atoms with van der Waals surface area (Å²) < 4.78 is 11.7. The third-order valence-electron chi connectivity index (χ3n) is 4.66. The van der Waals surface area contributed by atoms with Crippen LogP contribution in [0.4, 0.5) is 0 Å². The molecule has 0 saturated carbocycles. The third kappa shape index (κ3) is 3.66. The van der Waals surface area contributed by atoms with E-state index in [1.54, 1.807) is 22.7 Å². The molecule has 0 N–H and O–H groups in total. The molecule has 4 aromatic rings. The summed E-state index contributed by atoms with van der Waals surface area (Å²) in [5.41, 5.74) is 1.14. The van der Waals surface area contributed by atoms with Gasteiger partial charge in [-0.05, 0) is 23.6 Å². The van der Waals surface area contributed by atoms with Crippen molar-refractivity contribution in [2.75, 3.05) is 26.3 Å². The number of hydrogen-bond donors (Lipinski definition) is 0. The maximum absolute atomic E-state index is 6.24. The Morgan fingerprint density at radius 1 is 1.00 bits per heavy atom. The topological polar surface area (TPSA) is 47.5 Å². The second kappa shape index (κ2) is 7.97. The van der Waals surface area contributed by atoms with Crippen molar-refractivity contribution >= 4 is 32.9 Å². The van der Waals surface area contributed by atoms with E-state index < -0.39 is 0 Å². The van der Waals surface area contributed by atoms with Crippen molar-refractivity contribution in [2.45, 2.75) is 6.54 Å². The van der Waals surface area contributed by atoms with Gasteiger partial charge in [-0.1, -0.05) is 24.3 Å². The lowest BCUT2D eigenvalue weighted by Gasteiger charge is -2.25. The van der Waals surface area contributed by atoms with Crippen LogP contribution in [-0.4, -0.2) is 41.2 Å². The summed E-state index contributed by atoms with van der Waals surface area (Å²) in [6, 6.07) is 14.0. The van der Waals surface area contributed by atoms with Gasteiger partial charge < -0.3 is 9.47 Å². The molecule has 5 rings (SSSR count). The van der Waals surface area contributed by atoms with Crippen LogP contribution in [-0.2, 0) is 11.3 Å². The number of para-hydroxylation sites is 1. The van der Waals surface area contributed by atoms with Gasteiger partial charge in [0.15, 0.2) is 0 Å². The zero-order valence-electron chi connectivity index (χ0n) is 15.2. The van der Waals surface area contributed by atoms with Crippen LogP contribution < -0.4 is 4.74 Å². The van der Waals surface area contributed by atoms with E-state index in [0.29, 0.717) is 12.4 Å². The molecule has 0 aliphatic carbocycles. The summed E-state index contributed by atoms with van der Waals surface area (Å²) in [5, 5.41) is 5.23. The number of morpholine rings is 1. The molecular weight excluding hydrogens is 390 g/mol. The van der Waals surface area contributed by atoms with Gasteiger partial charge in [0.1, 0.15) is 16.4 Å². The molecule has 0 amide bonds. The van der Waals surface area contributed by atoms with E-state index in [1.165, 1.54) is 4.88 Å². The van der Waals surface area contributed by atoms with E-state index >= 15 is 0 Å². The molecule has 1 aliphatic heterocycles. The molecule has 3 aromatic heterocycles. The Kier molecular flexibility index (Phi) is 5.05. The van der Waals surface area contributed by atoms with Crippen LogP contribution in [0.2, 0.25) is 0 Å². The van der Waals surface area contributed by atoms with E-state index in [4.69, 9.17) is 19.4 Å². The van der Waals surface area contributed by atoms with Gasteiger partial charge >= 0.3 is 0 Å². The summed E-state index contributed by atoms with van der Waals surface area (Å²) in [6.07, 6.45) is 0. The fourth-order valence-corrected chi connectivity index (χ4v) is 5.04.